The lowest BCUT2D eigenvalue weighted by atomic mass is 9.98. The Kier molecular flexibility index (Phi) is 7.42. The van der Waals surface area contributed by atoms with E-state index in [9.17, 15) is 14.4 Å². The number of nitrogens with one attached hydrogen (secondary N) is 2. The minimum absolute atomic E-state index is 0.0494. The van der Waals surface area contributed by atoms with Crippen LogP contribution in [0.25, 0.3) is 11.1 Å². The van der Waals surface area contributed by atoms with Crippen LogP contribution in [0.2, 0.25) is 0 Å². The summed E-state index contributed by atoms with van der Waals surface area (Å²) in [6.45, 7) is 1.56. The van der Waals surface area contributed by atoms with Crippen molar-refractivity contribution in [2.75, 3.05) is 13.2 Å². The molecule has 182 valence electrons. The summed E-state index contributed by atoms with van der Waals surface area (Å²) in [4.78, 5) is 40.9. The Bertz CT molecular complexity index is 1210. The van der Waals surface area contributed by atoms with Gasteiger partial charge in [0.05, 0.1) is 6.54 Å². The van der Waals surface area contributed by atoms with Crippen LogP contribution in [-0.4, -0.2) is 52.4 Å². The number of hydrogen-bond acceptors (Lipinski definition) is 7. The number of aliphatic carboxylic acids is 1. The monoisotopic (exact) mass is 495 g/mol. The highest BCUT2D eigenvalue weighted by Crippen LogP contribution is 2.44. The van der Waals surface area contributed by atoms with Crippen molar-refractivity contribution in [2.24, 2.45) is 0 Å². The van der Waals surface area contributed by atoms with E-state index in [4.69, 9.17) is 14.9 Å². The van der Waals surface area contributed by atoms with Crippen molar-refractivity contribution in [2.45, 2.75) is 31.8 Å². The molecule has 10 heteroatoms. The van der Waals surface area contributed by atoms with Gasteiger partial charge in [0.15, 0.2) is 0 Å². The molecule has 1 aromatic heterocycles. The topological polar surface area (TPSA) is 138 Å². The molecule has 2 amide bonds. The molecule has 9 nitrogen and oxygen atoms in total. The fourth-order valence-electron chi connectivity index (χ4n) is 4.15. The second kappa shape index (κ2) is 10.7. The van der Waals surface area contributed by atoms with Gasteiger partial charge in [0, 0.05) is 23.8 Å². The second-order valence-corrected chi connectivity index (χ2v) is 9.36. The standard InChI is InChI=1S/C25H25N3O6S/c1-14-22(23(30)27-20(10-11-29)24(31)32)28-21(35-14)12-26-25(33)34-13-19-17-8-4-2-6-15(17)16-7-3-5-9-18(16)19/h2-9,19-20,29H,10-13H2,1H3,(H,26,33)(H,27,30)(H,31,32)/t20-/m1/s1. The number of hydrogen-bond donors (Lipinski definition) is 4. The lowest BCUT2D eigenvalue weighted by Gasteiger charge is -2.14. The van der Waals surface area contributed by atoms with Crippen LogP contribution >= 0.6 is 11.3 Å². The molecule has 0 unspecified atom stereocenters. The third kappa shape index (κ3) is 5.33. The summed E-state index contributed by atoms with van der Waals surface area (Å²) in [7, 11) is 0. The van der Waals surface area contributed by atoms with Crippen LogP contribution in [0.5, 0.6) is 0 Å². The van der Waals surface area contributed by atoms with E-state index in [1.807, 2.05) is 36.4 Å². The normalized spacial score (nSPS) is 13.0. The van der Waals surface area contributed by atoms with E-state index < -0.39 is 24.0 Å². The SMILES string of the molecule is Cc1sc(CNC(=O)OCC2c3ccccc3-c3ccccc32)nc1C(=O)N[C@H](CCO)C(=O)O. The van der Waals surface area contributed by atoms with Gasteiger partial charge in [0.1, 0.15) is 23.4 Å². The Hall–Kier alpha value is -3.76. The van der Waals surface area contributed by atoms with Crippen LogP contribution in [0.4, 0.5) is 4.79 Å². The van der Waals surface area contributed by atoms with Crippen LogP contribution in [0.3, 0.4) is 0 Å². The highest BCUT2D eigenvalue weighted by atomic mass is 32.1. The number of aryl methyl sites for hydroxylation is 1. The van der Waals surface area contributed by atoms with Gasteiger partial charge in [-0.25, -0.2) is 14.6 Å². The number of carboxylic acid groups (broad SMARTS) is 1. The van der Waals surface area contributed by atoms with Gasteiger partial charge in [-0.1, -0.05) is 48.5 Å². The molecule has 1 aliphatic carbocycles. The third-order valence-electron chi connectivity index (χ3n) is 5.80. The van der Waals surface area contributed by atoms with Crippen LogP contribution in [0, 0.1) is 6.92 Å². The lowest BCUT2D eigenvalue weighted by molar-refractivity contribution is -0.139. The first kappa shape index (κ1) is 24.4. The molecular formula is C25H25N3O6S. The minimum Gasteiger partial charge on any atom is -0.480 e. The number of benzene rings is 2. The smallest absolute Gasteiger partial charge is 0.407 e. The molecule has 0 saturated heterocycles. The first-order valence-electron chi connectivity index (χ1n) is 11.1. The van der Waals surface area contributed by atoms with E-state index in [1.165, 1.54) is 11.3 Å². The molecule has 1 aliphatic rings. The number of aliphatic hydroxyl groups excluding tert-OH is 1. The quantitative estimate of drug-likeness (QED) is 0.358. The molecule has 0 aliphatic heterocycles. The molecule has 0 saturated carbocycles. The van der Waals surface area contributed by atoms with Gasteiger partial charge in [-0.05, 0) is 29.2 Å². The summed E-state index contributed by atoms with van der Waals surface area (Å²) >= 11 is 1.22. The number of aliphatic hydroxyl groups is 1. The molecular weight excluding hydrogens is 470 g/mol. The number of amides is 2. The summed E-state index contributed by atoms with van der Waals surface area (Å²) in [5.41, 5.74) is 4.61. The summed E-state index contributed by atoms with van der Waals surface area (Å²) in [6.07, 6.45) is -0.708. The summed E-state index contributed by atoms with van der Waals surface area (Å²) in [5, 5.41) is 23.6. The molecule has 0 fully saturated rings. The Balaban J connectivity index is 1.34. The zero-order valence-electron chi connectivity index (χ0n) is 19.0. The van der Waals surface area contributed by atoms with E-state index in [1.54, 1.807) is 6.92 Å². The number of ether oxygens (including phenoxy) is 1. The zero-order chi connectivity index (χ0) is 24.9. The molecule has 1 atom stereocenters. The maximum atomic E-state index is 12.4. The van der Waals surface area contributed by atoms with Crippen LogP contribution in [0.1, 0.15) is 43.8 Å². The largest absolute Gasteiger partial charge is 0.480 e. The van der Waals surface area contributed by atoms with E-state index in [0.29, 0.717) is 9.88 Å². The van der Waals surface area contributed by atoms with Gasteiger partial charge in [0.25, 0.3) is 5.91 Å². The molecule has 35 heavy (non-hydrogen) atoms. The van der Waals surface area contributed by atoms with E-state index in [-0.39, 0.29) is 37.8 Å². The van der Waals surface area contributed by atoms with Gasteiger partial charge >= 0.3 is 12.1 Å². The lowest BCUT2D eigenvalue weighted by Crippen LogP contribution is -2.41. The Morgan fingerprint density at radius 1 is 1.09 bits per heavy atom. The zero-order valence-corrected chi connectivity index (χ0v) is 19.8. The van der Waals surface area contributed by atoms with Gasteiger partial charge in [-0.15, -0.1) is 11.3 Å². The Labute approximate surface area is 205 Å². The highest BCUT2D eigenvalue weighted by Gasteiger charge is 2.29. The van der Waals surface area contributed by atoms with Gasteiger partial charge in [-0.3, -0.25) is 4.79 Å². The predicted molar refractivity (Wildman–Crippen MR) is 129 cm³/mol. The molecule has 4 rings (SSSR count). The van der Waals surface area contributed by atoms with Crippen LogP contribution in [0.15, 0.2) is 48.5 Å². The number of aromatic nitrogens is 1. The molecule has 1 heterocycles. The Morgan fingerprint density at radius 2 is 1.71 bits per heavy atom. The number of carbonyl (C=O) groups is 3. The summed E-state index contributed by atoms with van der Waals surface area (Å²) in [6, 6.07) is 14.9. The number of fused-ring (bicyclic) bond motifs is 3. The van der Waals surface area contributed by atoms with Crippen LogP contribution < -0.4 is 10.6 Å². The summed E-state index contributed by atoms with van der Waals surface area (Å²) in [5.74, 6) is -1.93. The number of nitrogens with zero attached hydrogens (tertiary/aromatic N) is 1. The average molecular weight is 496 g/mol. The van der Waals surface area contributed by atoms with E-state index >= 15 is 0 Å². The van der Waals surface area contributed by atoms with Gasteiger partial charge in [0.2, 0.25) is 0 Å². The Morgan fingerprint density at radius 3 is 2.31 bits per heavy atom. The van der Waals surface area contributed by atoms with Crippen molar-refractivity contribution in [1.82, 2.24) is 15.6 Å². The maximum Gasteiger partial charge on any atom is 0.407 e. The van der Waals surface area contributed by atoms with E-state index in [2.05, 4.69) is 27.8 Å². The molecule has 0 spiro atoms. The minimum atomic E-state index is -1.24. The predicted octanol–water partition coefficient (Wildman–Crippen LogP) is 3.06. The molecule has 2 aromatic carbocycles. The number of carboxylic acids is 1. The fraction of sp³-hybridized carbons (Fsp3) is 0.280. The first-order chi connectivity index (χ1) is 16.9. The van der Waals surface area contributed by atoms with Crippen molar-refractivity contribution >= 4 is 29.3 Å². The first-order valence-corrected chi connectivity index (χ1v) is 11.9. The number of thiazole rings is 1. The fourth-order valence-corrected chi connectivity index (χ4v) is 5.02. The highest BCUT2D eigenvalue weighted by molar-refractivity contribution is 7.11. The molecule has 4 N–H and O–H groups in total. The van der Waals surface area contributed by atoms with E-state index in [0.717, 1.165) is 22.3 Å². The number of rotatable bonds is 9. The van der Waals surface area contributed by atoms with Crippen molar-refractivity contribution in [3.8, 4) is 11.1 Å². The number of carbonyl (C=O) groups excluding carboxylic acids is 2. The van der Waals surface area contributed by atoms with Crippen LogP contribution in [-0.2, 0) is 16.1 Å². The van der Waals surface area contributed by atoms with Crippen molar-refractivity contribution in [1.29, 1.82) is 0 Å². The van der Waals surface area contributed by atoms with Crippen molar-refractivity contribution in [3.63, 3.8) is 0 Å². The maximum absolute atomic E-state index is 12.4. The van der Waals surface area contributed by atoms with Crippen molar-refractivity contribution in [3.05, 3.63) is 75.2 Å². The molecule has 3 aromatic rings. The summed E-state index contributed by atoms with van der Waals surface area (Å²) < 4.78 is 5.51. The average Bonchev–Trinajstić information content (AvgIpc) is 3.38. The third-order valence-corrected chi connectivity index (χ3v) is 6.78. The number of alkyl carbamates (subject to hydrolysis) is 1. The van der Waals surface area contributed by atoms with Crippen molar-refractivity contribution < 1.29 is 29.3 Å². The molecule has 0 bridgehead atoms. The van der Waals surface area contributed by atoms with Gasteiger partial charge in [-0.2, -0.15) is 0 Å². The molecule has 0 radical (unpaired) electrons. The second-order valence-electron chi connectivity index (χ2n) is 8.07. The van der Waals surface area contributed by atoms with Gasteiger partial charge < -0.3 is 25.6 Å².